The zero-order valence-corrected chi connectivity index (χ0v) is 20.6. The summed E-state index contributed by atoms with van der Waals surface area (Å²) in [5.74, 6) is -1.27. The fraction of sp³-hybridized carbons (Fsp3) is 0.250. The molecule has 0 aliphatic carbocycles. The van der Waals surface area contributed by atoms with Crippen LogP contribution in [0.1, 0.15) is 39.1 Å². The van der Waals surface area contributed by atoms with E-state index in [4.69, 9.17) is 14.6 Å². The molecule has 1 aliphatic rings. The zero-order valence-electron chi connectivity index (χ0n) is 19.0. The van der Waals surface area contributed by atoms with E-state index in [9.17, 15) is 9.59 Å². The quantitative estimate of drug-likeness (QED) is 0.364. The van der Waals surface area contributed by atoms with Crippen molar-refractivity contribution >= 4 is 34.6 Å². The average Bonchev–Trinajstić information content (AvgIpc) is 3.69. The highest BCUT2D eigenvalue weighted by molar-refractivity contribution is 7.17. The maximum atomic E-state index is 11.4. The van der Waals surface area contributed by atoms with Gasteiger partial charge in [-0.25, -0.2) is 19.6 Å². The predicted molar refractivity (Wildman–Crippen MR) is 134 cm³/mol. The van der Waals surface area contributed by atoms with Gasteiger partial charge in [-0.2, -0.15) is 0 Å². The number of ether oxygens (including phenoxy) is 2. The average molecular weight is 513 g/mol. The second kappa shape index (κ2) is 14.0. The maximum absolute atomic E-state index is 11.4. The Morgan fingerprint density at radius 3 is 1.86 bits per heavy atom. The topological polar surface area (TPSA) is 124 Å². The molecule has 9 nitrogen and oxygen atoms in total. The molecule has 5 rings (SSSR count). The van der Waals surface area contributed by atoms with Crippen molar-refractivity contribution in [2.24, 2.45) is 0 Å². The summed E-state index contributed by atoms with van der Waals surface area (Å²) in [5.41, 5.74) is 1.74. The molecule has 11 heteroatoms. The van der Waals surface area contributed by atoms with Crippen LogP contribution < -0.4 is 0 Å². The molecule has 4 aromatic heterocycles. The van der Waals surface area contributed by atoms with Crippen LogP contribution in [0.25, 0.3) is 21.1 Å². The molecule has 182 valence electrons. The summed E-state index contributed by atoms with van der Waals surface area (Å²) in [6, 6.07) is 7.37. The molecule has 0 aromatic carbocycles. The van der Waals surface area contributed by atoms with Crippen LogP contribution in [-0.4, -0.2) is 56.8 Å². The number of esters is 1. The van der Waals surface area contributed by atoms with Crippen LogP contribution in [0, 0.1) is 0 Å². The van der Waals surface area contributed by atoms with Gasteiger partial charge in [0.05, 0.1) is 19.0 Å². The van der Waals surface area contributed by atoms with Crippen molar-refractivity contribution in [3.63, 3.8) is 0 Å². The molecule has 0 amide bonds. The summed E-state index contributed by atoms with van der Waals surface area (Å²) in [6.45, 7) is 4.15. The molecule has 0 bridgehead atoms. The Morgan fingerprint density at radius 1 is 0.914 bits per heavy atom. The molecular formula is C24H24N4O5S2. The number of thiazole rings is 2. The lowest BCUT2D eigenvalue weighted by atomic mass is 10.3. The molecular weight excluding hydrogens is 488 g/mol. The Kier molecular flexibility index (Phi) is 10.4. The maximum Gasteiger partial charge on any atom is 0.349 e. The first-order valence-electron chi connectivity index (χ1n) is 10.8. The van der Waals surface area contributed by atoms with Gasteiger partial charge < -0.3 is 14.6 Å². The first kappa shape index (κ1) is 26.1. The van der Waals surface area contributed by atoms with E-state index in [-0.39, 0.29) is 10.8 Å². The first-order chi connectivity index (χ1) is 17.1. The molecule has 5 heterocycles. The van der Waals surface area contributed by atoms with Crippen molar-refractivity contribution in [3.05, 3.63) is 71.2 Å². The summed E-state index contributed by atoms with van der Waals surface area (Å²) in [6.07, 6.45) is 12.2. The standard InChI is InChI=1S/C11H10N2O2S.C9H6N2O2S.C4H8O/c1-2-15-11(14)9-7-13-10(16-9)8-4-3-5-12-6-8;12-9(13)7-5-11-8(14-7)6-2-1-3-10-4-6;1-2-4-5-3-1/h3-7H,2H2,1H3;1-5H,(H,12,13);1-4H2. The molecule has 1 N–H and O–H groups in total. The number of hydrogen-bond donors (Lipinski definition) is 1. The van der Waals surface area contributed by atoms with Crippen molar-refractivity contribution < 1.29 is 24.2 Å². The SMILES string of the molecule is C1CCOC1.CCOC(=O)c1cnc(-c2cccnc2)s1.O=C(O)c1cnc(-c2cccnc2)s1. The lowest BCUT2D eigenvalue weighted by Crippen LogP contribution is -2.01. The van der Waals surface area contributed by atoms with Crippen molar-refractivity contribution in [3.8, 4) is 21.1 Å². The summed E-state index contributed by atoms with van der Waals surface area (Å²) >= 11 is 2.45. The van der Waals surface area contributed by atoms with Crippen LogP contribution in [0.15, 0.2) is 61.4 Å². The third-order valence-electron chi connectivity index (χ3n) is 4.34. The van der Waals surface area contributed by atoms with Gasteiger partial charge in [0.15, 0.2) is 0 Å². The summed E-state index contributed by atoms with van der Waals surface area (Å²) in [4.78, 5) is 38.9. The van der Waals surface area contributed by atoms with Gasteiger partial charge in [0.25, 0.3) is 0 Å². The van der Waals surface area contributed by atoms with Gasteiger partial charge in [-0.15, -0.1) is 22.7 Å². The molecule has 1 saturated heterocycles. The van der Waals surface area contributed by atoms with Crippen LogP contribution in [0.2, 0.25) is 0 Å². The van der Waals surface area contributed by atoms with E-state index in [1.54, 1.807) is 37.8 Å². The van der Waals surface area contributed by atoms with Gasteiger partial charge in [-0.1, -0.05) is 0 Å². The van der Waals surface area contributed by atoms with Crippen molar-refractivity contribution in [1.82, 2.24) is 19.9 Å². The number of hydrogen-bond acceptors (Lipinski definition) is 10. The number of pyridine rings is 2. The molecule has 0 radical (unpaired) electrons. The smallest absolute Gasteiger partial charge is 0.349 e. The number of carbonyl (C=O) groups excluding carboxylic acids is 1. The summed E-state index contributed by atoms with van der Waals surface area (Å²) < 4.78 is 9.84. The van der Waals surface area contributed by atoms with E-state index < -0.39 is 5.97 Å². The van der Waals surface area contributed by atoms with Gasteiger partial charge in [0.1, 0.15) is 19.8 Å². The molecule has 1 aliphatic heterocycles. The van der Waals surface area contributed by atoms with E-state index in [0.717, 1.165) is 40.7 Å². The lowest BCUT2D eigenvalue weighted by molar-refractivity contribution is 0.0531. The van der Waals surface area contributed by atoms with E-state index in [2.05, 4.69) is 19.9 Å². The molecule has 0 spiro atoms. The fourth-order valence-corrected chi connectivity index (χ4v) is 4.24. The van der Waals surface area contributed by atoms with Crippen LogP contribution in [0.4, 0.5) is 0 Å². The van der Waals surface area contributed by atoms with Gasteiger partial charge >= 0.3 is 11.9 Å². The summed E-state index contributed by atoms with van der Waals surface area (Å²) in [5, 5.41) is 10.2. The monoisotopic (exact) mass is 512 g/mol. The minimum absolute atomic E-state index is 0.240. The second-order valence-corrected chi connectivity index (χ2v) is 8.95. The van der Waals surface area contributed by atoms with Gasteiger partial charge in [-0.3, -0.25) is 9.97 Å². The van der Waals surface area contributed by atoms with Crippen molar-refractivity contribution in [2.75, 3.05) is 19.8 Å². The highest BCUT2D eigenvalue weighted by Gasteiger charge is 2.12. The number of nitrogens with zero attached hydrogens (tertiary/aromatic N) is 4. The van der Waals surface area contributed by atoms with Crippen LogP contribution in [0.5, 0.6) is 0 Å². The van der Waals surface area contributed by atoms with E-state index in [1.807, 2.05) is 18.2 Å². The number of aromatic carboxylic acids is 1. The summed E-state index contributed by atoms with van der Waals surface area (Å²) in [7, 11) is 0. The minimum Gasteiger partial charge on any atom is -0.477 e. The first-order valence-corrected chi connectivity index (χ1v) is 12.4. The van der Waals surface area contributed by atoms with E-state index >= 15 is 0 Å². The highest BCUT2D eigenvalue weighted by atomic mass is 32.1. The molecule has 0 unspecified atom stereocenters. The van der Waals surface area contributed by atoms with Gasteiger partial charge in [0, 0.05) is 49.1 Å². The fourth-order valence-electron chi connectivity index (χ4n) is 2.70. The predicted octanol–water partition coefficient (Wildman–Crippen LogP) is 5.08. The zero-order chi connectivity index (χ0) is 24.9. The van der Waals surface area contributed by atoms with Crippen molar-refractivity contribution in [1.29, 1.82) is 0 Å². The molecule has 0 atom stereocenters. The normalized spacial score (nSPS) is 12.0. The number of carbonyl (C=O) groups is 2. The third kappa shape index (κ3) is 8.32. The second-order valence-electron chi connectivity index (χ2n) is 6.89. The van der Waals surface area contributed by atoms with Gasteiger partial charge in [0.2, 0.25) is 0 Å². The Bertz CT molecular complexity index is 1190. The van der Waals surface area contributed by atoms with Crippen molar-refractivity contribution in [2.45, 2.75) is 19.8 Å². The lowest BCUT2D eigenvalue weighted by Gasteiger charge is -1.96. The van der Waals surface area contributed by atoms with Gasteiger partial charge in [-0.05, 0) is 44.0 Å². The Labute approximate surface area is 210 Å². The van der Waals surface area contributed by atoms with E-state index in [1.165, 1.54) is 36.6 Å². The molecule has 4 aromatic rings. The Hall–Kier alpha value is -3.54. The number of aromatic nitrogens is 4. The number of carboxylic acid groups (broad SMARTS) is 1. The Morgan fingerprint density at radius 2 is 1.46 bits per heavy atom. The van der Waals surface area contributed by atoms with Crippen LogP contribution in [-0.2, 0) is 9.47 Å². The third-order valence-corrected chi connectivity index (χ3v) is 6.40. The Balaban J connectivity index is 0.000000164. The highest BCUT2D eigenvalue weighted by Crippen LogP contribution is 2.25. The molecule has 35 heavy (non-hydrogen) atoms. The molecule has 1 fully saturated rings. The van der Waals surface area contributed by atoms with Crippen LogP contribution >= 0.6 is 22.7 Å². The van der Waals surface area contributed by atoms with E-state index in [0.29, 0.717) is 16.5 Å². The number of carboxylic acids is 1. The number of rotatable bonds is 5. The molecule has 0 saturated carbocycles. The van der Waals surface area contributed by atoms with Crippen LogP contribution in [0.3, 0.4) is 0 Å². The minimum atomic E-state index is -0.947. The largest absolute Gasteiger partial charge is 0.477 e.